The molecule has 0 unspecified atom stereocenters. The van der Waals surface area contributed by atoms with E-state index in [0.29, 0.717) is 5.88 Å². The summed E-state index contributed by atoms with van der Waals surface area (Å²) in [6, 6.07) is 13.5. The van der Waals surface area contributed by atoms with E-state index in [2.05, 4.69) is 5.32 Å². The lowest BCUT2D eigenvalue weighted by Gasteiger charge is -2.10. The molecule has 0 aliphatic rings. The molecule has 0 fully saturated rings. The topological polar surface area (TPSA) is 29.1 Å². The van der Waals surface area contributed by atoms with E-state index in [1.165, 1.54) is 5.56 Å². The predicted octanol–water partition coefficient (Wildman–Crippen LogP) is 4.34. The van der Waals surface area contributed by atoms with E-state index in [9.17, 15) is 4.79 Å². The number of halogens is 1. The Morgan fingerprint density at radius 2 is 1.80 bits per heavy atom. The molecule has 0 bridgehead atoms. The van der Waals surface area contributed by atoms with Crippen LogP contribution < -0.4 is 5.32 Å². The maximum Gasteiger partial charge on any atom is 0.255 e. The Morgan fingerprint density at radius 3 is 2.45 bits per heavy atom. The van der Waals surface area contributed by atoms with Gasteiger partial charge in [0, 0.05) is 17.1 Å². The third kappa shape index (κ3) is 3.40. The molecule has 0 aromatic heterocycles. The van der Waals surface area contributed by atoms with E-state index in [-0.39, 0.29) is 5.91 Å². The maximum atomic E-state index is 12.3. The molecule has 0 saturated carbocycles. The molecule has 0 atom stereocenters. The Hall–Kier alpha value is -1.80. The third-order valence-corrected chi connectivity index (χ3v) is 3.63. The summed E-state index contributed by atoms with van der Waals surface area (Å²) in [6.45, 7) is 3.97. The Morgan fingerprint density at radius 1 is 1.10 bits per heavy atom. The van der Waals surface area contributed by atoms with Gasteiger partial charge in [0.25, 0.3) is 5.91 Å². The van der Waals surface area contributed by atoms with Gasteiger partial charge in [-0.25, -0.2) is 0 Å². The van der Waals surface area contributed by atoms with Crippen LogP contribution >= 0.6 is 11.6 Å². The van der Waals surface area contributed by atoms with E-state index in [0.717, 1.165) is 28.8 Å². The van der Waals surface area contributed by atoms with Crippen LogP contribution in [0.4, 0.5) is 5.69 Å². The number of benzene rings is 2. The van der Waals surface area contributed by atoms with E-state index >= 15 is 0 Å². The molecule has 2 aromatic carbocycles. The van der Waals surface area contributed by atoms with Crippen molar-refractivity contribution in [3.8, 4) is 0 Å². The smallest absolute Gasteiger partial charge is 0.255 e. The Bertz CT molecular complexity index is 605. The largest absolute Gasteiger partial charge is 0.322 e. The van der Waals surface area contributed by atoms with Crippen molar-refractivity contribution >= 4 is 23.2 Å². The van der Waals surface area contributed by atoms with Crippen molar-refractivity contribution in [2.45, 2.75) is 20.3 Å². The first-order chi connectivity index (χ1) is 9.61. The summed E-state index contributed by atoms with van der Waals surface area (Å²) in [5.41, 5.74) is 4.83. The van der Waals surface area contributed by atoms with Gasteiger partial charge in [-0.3, -0.25) is 4.79 Å². The highest BCUT2D eigenvalue weighted by Gasteiger charge is 2.10. The maximum absolute atomic E-state index is 12.3. The van der Waals surface area contributed by atoms with Crippen LogP contribution in [0.5, 0.6) is 0 Å². The van der Waals surface area contributed by atoms with Gasteiger partial charge < -0.3 is 5.32 Å². The quantitative estimate of drug-likeness (QED) is 0.833. The molecule has 2 aromatic rings. The minimum absolute atomic E-state index is 0.0729. The Kier molecular flexibility index (Phi) is 4.80. The molecule has 1 N–H and O–H groups in total. The second-order valence-corrected chi connectivity index (χ2v) is 5.22. The van der Waals surface area contributed by atoms with E-state index in [1.54, 1.807) is 0 Å². The minimum Gasteiger partial charge on any atom is -0.322 e. The molecule has 0 spiro atoms. The van der Waals surface area contributed by atoms with Crippen LogP contribution in [-0.2, 0) is 6.42 Å². The zero-order valence-electron chi connectivity index (χ0n) is 11.7. The molecule has 3 heteroatoms. The van der Waals surface area contributed by atoms with Crippen molar-refractivity contribution in [1.29, 1.82) is 0 Å². The van der Waals surface area contributed by atoms with Crippen molar-refractivity contribution in [3.63, 3.8) is 0 Å². The summed E-state index contributed by atoms with van der Waals surface area (Å²) in [4.78, 5) is 12.3. The summed E-state index contributed by atoms with van der Waals surface area (Å²) in [5.74, 6) is 0.532. The third-order valence-electron chi connectivity index (χ3n) is 3.44. The molecule has 0 heterocycles. The molecular weight excluding hydrogens is 270 g/mol. The van der Waals surface area contributed by atoms with Crippen molar-refractivity contribution in [2.75, 3.05) is 11.2 Å². The molecule has 2 nitrogen and oxygen atoms in total. The number of aryl methyl sites for hydroxylation is 2. The number of carbonyl (C=O) groups is 1. The van der Waals surface area contributed by atoms with Gasteiger partial charge in [0.15, 0.2) is 0 Å². The molecule has 20 heavy (non-hydrogen) atoms. The fourth-order valence-corrected chi connectivity index (χ4v) is 2.28. The first-order valence-corrected chi connectivity index (χ1v) is 7.17. The monoisotopic (exact) mass is 287 g/mol. The van der Waals surface area contributed by atoms with Gasteiger partial charge in [-0.15, -0.1) is 11.6 Å². The van der Waals surface area contributed by atoms with Crippen molar-refractivity contribution in [1.82, 2.24) is 0 Å². The van der Waals surface area contributed by atoms with Crippen LogP contribution in [0.2, 0.25) is 0 Å². The SMILES string of the molecule is Cc1cccc(C(=O)Nc2ccc(CCCl)cc2)c1C. The van der Waals surface area contributed by atoms with Crippen molar-refractivity contribution < 1.29 is 4.79 Å². The normalized spacial score (nSPS) is 10.3. The van der Waals surface area contributed by atoms with Crippen LogP contribution in [0.25, 0.3) is 0 Å². The minimum atomic E-state index is -0.0729. The number of amides is 1. The number of nitrogens with one attached hydrogen (secondary N) is 1. The number of hydrogen-bond acceptors (Lipinski definition) is 1. The molecule has 0 saturated heterocycles. The van der Waals surface area contributed by atoms with Crippen LogP contribution in [0.3, 0.4) is 0 Å². The summed E-state index contributed by atoms with van der Waals surface area (Å²) in [7, 11) is 0. The number of alkyl halides is 1. The average Bonchev–Trinajstić information content (AvgIpc) is 2.44. The number of carbonyl (C=O) groups excluding carboxylic acids is 1. The lowest BCUT2D eigenvalue weighted by Crippen LogP contribution is -2.13. The Labute approximate surface area is 124 Å². The van der Waals surface area contributed by atoms with Crippen molar-refractivity contribution in [2.24, 2.45) is 0 Å². The van der Waals surface area contributed by atoms with Crippen LogP contribution in [0.1, 0.15) is 27.0 Å². The number of rotatable bonds is 4. The van der Waals surface area contributed by atoms with Crippen LogP contribution in [0.15, 0.2) is 42.5 Å². The van der Waals surface area contributed by atoms with Gasteiger partial charge in [-0.1, -0.05) is 24.3 Å². The van der Waals surface area contributed by atoms with Gasteiger partial charge in [0.05, 0.1) is 0 Å². The second kappa shape index (κ2) is 6.58. The van der Waals surface area contributed by atoms with Crippen LogP contribution in [-0.4, -0.2) is 11.8 Å². The highest BCUT2D eigenvalue weighted by molar-refractivity contribution is 6.18. The van der Waals surface area contributed by atoms with Gasteiger partial charge in [-0.2, -0.15) is 0 Å². The summed E-state index contributed by atoms with van der Waals surface area (Å²) < 4.78 is 0. The summed E-state index contributed by atoms with van der Waals surface area (Å²) in [6.07, 6.45) is 0.840. The first kappa shape index (κ1) is 14.6. The molecule has 0 aliphatic heterocycles. The number of anilines is 1. The van der Waals surface area contributed by atoms with Gasteiger partial charge in [0.1, 0.15) is 0 Å². The fourth-order valence-electron chi connectivity index (χ4n) is 2.06. The molecule has 0 aliphatic carbocycles. The Balaban J connectivity index is 2.13. The zero-order valence-corrected chi connectivity index (χ0v) is 12.5. The average molecular weight is 288 g/mol. The van der Waals surface area contributed by atoms with Gasteiger partial charge >= 0.3 is 0 Å². The summed E-state index contributed by atoms with van der Waals surface area (Å²) >= 11 is 5.70. The lowest BCUT2D eigenvalue weighted by molar-refractivity contribution is 0.102. The number of hydrogen-bond donors (Lipinski definition) is 1. The first-order valence-electron chi connectivity index (χ1n) is 6.64. The standard InChI is InChI=1S/C17H18ClNO/c1-12-4-3-5-16(13(12)2)17(20)19-15-8-6-14(7-9-15)10-11-18/h3-9H,10-11H2,1-2H3,(H,19,20). The second-order valence-electron chi connectivity index (χ2n) is 4.84. The highest BCUT2D eigenvalue weighted by Crippen LogP contribution is 2.16. The zero-order chi connectivity index (χ0) is 14.5. The molecule has 104 valence electrons. The summed E-state index contributed by atoms with van der Waals surface area (Å²) in [5, 5.41) is 2.92. The van der Waals surface area contributed by atoms with Gasteiger partial charge in [0.2, 0.25) is 0 Å². The van der Waals surface area contributed by atoms with Crippen LogP contribution in [0, 0.1) is 13.8 Å². The molecule has 0 radical (unpaired) electrons. The molecule has 2 rings (SSSR count). The van der Waals surface area contributed by atoms with E-state index < -0.39 is 0 Å². The van der Waals surface area contributed by atoms with Gasteiger partial charge in [-0.05, 0) is 55.2 Å². The fraction of sp³-hybridized carbons (Fsp3) is 0.235. The van der Waals surface area contributed by atoms with E-state index in [4.69, 9.17) is 11.6 Å². The van der Waals surface area contributed by atoms with Crippen molar-refractivity contribution in [3.05, 3.63) is 64.7 Å². The molecule has 1 amide bonds. The highest BCUT2D eigenvalue weighted by atomic mass is 35.5. The lowest BCUT2D eigenvalue weighted by atomic mass is 10.0. The molecular formula is C17H18ClNO. The predicted molar refractivity (Wildman–Crippen MR) is 84.7 cm³/mol. The van der Waals surface area contributed by atoms with E-state index in [1.807, 2.05) is 56.3 Å².